The third-order valence-electron chi connectivity index (χ3n) is 2.86. The fraction of sp³-hybridized carbons (Fsp3) is 0.417. The van der Waals surface area contributed by atoms with Gasteiger partial charge in [-0.25, -0.2) is 0 Å². The van der Waals surface area contributed by atoms with Gasteiger partial charge >= 0.3 is 6.36 Å². The molecule has 2 rings (SSSR count). The van der Waals surface area contributed by atoms with Gasteiger partial charge in [0.15, 0.2) is 0 Å². The molecule has 1 saturated carbocycles. The van der Waals surface area contributed by atoms with Gasteiger partial charge in [0.1, 0.15) is 11.5 Å². The lowest BCUT2D eigenvalue weighted by Crippen LogP contribution is -2.18. The van der Waals surface area contributed by atoms with Crippen LogP contribution in [0, 0.1) is 5.92 Å². The number of alkyl halides is 3. The number of hydrogen-bond acceptors (Lipinski definition) is 2. The number of carbonyl (C=O) groups is 1. The first-order chi connectivity index (χ1) is 7.88. The van der Waals surface area contributed by atoms with E-state index in [0.717, 1.165) is 0 Å². The molecule has 1 aromatic rings. The summed E-state index contributed by atoms with van der Waals surface area (Å²) in [5, 5.41) is 0. The second-order valence-electron chi connectivity index (χ2n) is 4.14. The van der Waals surface area contributed by atoms with E-state index in [1.54, 1.807) is 12.1 Å². The summed E-state index contributed by atoms with van der Waals surface area (Å²) in [4.78, 5) is 11.1. The Labute approximate surface area is 96.4 Å². The number of carbonyl (C=O) groups excluding carboxylic acids is 1. The van der Waals surface area contributed by atoms with Gasteiger partial charge in [0.2, 0.25) is 0 Å². The lowest BCUT2D eigenvalue weighted by Gasteiger charge is -2.12. The number of para-hydroxylation sites is 1. The van der Waals surface area contributed by atoms with Crippen LogP contribution >= 0.6 is 0 Å². The summed E-state index contributed by atoms with van der Waals surface area (Å²) >= 11 is 0. The number of ketones is 1. The second-order valence-corrected chi connectivity index (χ2v) is 4.14. The zero-order chi connectivity index (χ0) is 12.6. The Bertz CT molecular complexity index is 440. The van der Waals surface area contributed by atoms with Crippen LogP contribution in [0.25, 0.3) is 0 Å². The van der Waals surface area contributed by atoms with Crippen LogP contribution in [-0.2, 0) is 4.79 Å². The summed E-state index contributed by atoms with van der Waals surface area (Å²) in [7, 11) is 0. The minimum atomic E-state index is -4.70. The topological polar surface area (TPSA) is 26.3 Å². The summed E-state index contributed by atoms with van der Waals surface area (Å²) in [6.07, 6.45) is -4.09. The van der Waals surface area contributed by atoms with Crippen molar-refractivity contribution in [1.29, 1.82) is 0 Å². The maximum atomic E-state index is 12.2. The molecule has 0 aromatic heterocycles. The number of hydrogen-bond donors (Lipinski definition) is 0. The first kappa shape index (κ1) is 12.0. The summed E-state index contributed by atoms with van der Waals surface area (Å²) in [6, 6.07) is 5.98. The second kappa shape index (κ2) is 4.05. The average Bonchev–Trinajstić information content (AvgIpc) is 2.95. The van der Waals surface area contributed by atoms with Crippen LogP contribution < -0.4 is 4.74 Å². The Hall–Kier alpha value is -1.52. The first-order valence-corrected chi connectivity index (χ1v) is 5.23. The van der Waals surface area contributed by atoms with Gasteiger partial charge in [-0.15, -0.1) is 13.2 Å². The highest BCUT2D eigenvalue weighted by molar-refractivity contribution is 5.82. The predicted molar refractivity (Wildman–Crippen MR) is 54.7 cm³/mol. The fourth-order valence-electron chi connectivity index (χ4n) is 1.99. The number of benzene rings is 1. The molecule has 0 aliphatic heterocycles. The first-order valence-electron chi connectivity index (χ1n) is 5.23. The van der Waals surface area contributed by atoms with Crippen molar-refractivity contribution in [2.45, 2.75) is 25.6 Å². The molecular formula is C12H11F3O2. The third kappa shape index (κ3) is 2.78. The Morgan fingerprint density at radius 2 is 2.00 bits per heavy atom. The minimum absolute atomic E-state index is 0.0109. The van der Waals surface area contributed by atoms with Gasteiger partial charge < -0.3 is 4.74 Å². The van der Waals surface area contributed by atoms with E-state index in [-0.39, 0.29) is 23.4 Å². The summed E-state index contributed by atoms with van der Waals surface area (Å²) in [5.41, 5.74) is 0.463. The lowest BCUT2D eigenvalue weighted by atomic mass is 10.1. The fourth-order valence-corrected chi connectivity index (χ4v) is 1.99. The molecule has 0 radical (unpaired) electrons. The SMILES string of the molecule is CC(=O)[C@@H]1C[C@H]1c1ccccc1OC(F)(F)F. The number of halogens is 3. The Balaban J connectivity index is 2.21. The monoisotopic (exact) mass is 244 g/mol. The highest BCUT2D eigenvalue weighted by Crippen LogP contribution is 2.51. The smallest absolute Gasteiger partial charge is 0.405 e. The van der Waals surface area contributed by atoms with Crippen molar-refractivity contribution >= 4 is 5.78 Å². The highest BCUT2D eigenvalue weighted by atomic mass is 19.4. The molecule has 0 N–H and O–H groups in total. The maximum absolute atomic E-state index is 12.2. The van der Waals surface area contributed by atoms with Crippen LogP contribution in [0.3, 0.4) is 0 Å². The van der Waals surface area contributed by atoms with E-state index in [4.69, 9.17) is 0 Å². The number of ether oxygens (including phenoxy) is 1. The van der Waals surface area contributed by atoms with E-state index in [1.807, 2.05) is 0 Å². The predicted octanol–water partition coefficient (Wildman–Crippen LogP) is 3.28. The molecular weight excluding hydrogens is 233 g/mol. The standard InChI is InChI=1S/C12H11F3O2/c1-7(16)9-6-10(9)8-4-2-3-5-11(8)17-12(13,14)15/h2-5,9-10H,6H2,1H3/t9-,10-/m0/s1. The maximum Gasteiger partial charge on any atom is 0.573 e. The van der Waals surface area contributed by atoms with Gasteiger partial charge in [-0.1, -0.05) is 18.2 Å². The normalized spacial score (nSPS) is 23.3. The van der Waals surface area contributed by atoms with Crippen molar-refractivity contribution in [2.75, 3.05) is 0 Å². The molecule has 0 unspecified atom stereocenters. The van der Waals surface area contributed by atoms with Gasteiger partial charge in [0, 0.05) is 5.92 Å². The third-order valence-corrected chi connectivity index (χ3v) is 2.86. The molecule has 0 spiro atoms. The van der Waals surface area contributed by atoms with Crippen molar-refractivity contribution in [3.05, 3.63) is 29.8 Å². The average molecular weight is 244 g/mol. The van der Waals surface area contributed by atoms with Crippen molar-refractivity contribution in [1.82, 2.24) is 0 Å². The molecule has 1 aliphatic carbocycles. The van der Waals surface area contributed by atoms with Gasteiger partial charge in [-0.3, -0.25) is 4.79 Å². The Morgan fingerprint density at radius 1 is 1.35 bits per heavy atom. The Morgan fingerprint density at radius 3 is 2.53 bits per heavy atom. The number of Topliss-reactive ketones (excluding diaryl/α,β-unsaturated/α-hetero) is 1. The quantitative estimate of drug-likeness (QED) is 0.815. The molecule has 92 valence electrons. The van der Waals surface area contributed by atoms with Crippen molar-refractivity contribution < 1.29 is 22.7 Å². The zero-order valence-corrected chi connectivity index (χ0v) is 9.12. The molecule has 5 heteroatoms. The molecule has 1 aromatic carbocycles. The van der Waals surface area contributed by atoms with Crippen LogP contribution in [0.5, 0.6) is 5.75 Å². The lowest BCUT2D eigenvalue weighted by molar-refractivity contribution is -0.274. The summed E-state index contributed by atoms with van der Waals surface area (Å²) in [5.74, 6) is -0.482. The largest absolute Gasteiger partial charge is 0.573 e. The van der Waals surface area contributed by atoms with E-state index >= 15 is 0 Å². The van der Waals surface area contributed by atoms with Gasteiger partial charge in [0.25, 0.3) is 0 Å². The van der Waals surface area contributed by atoms with E-state index in [2.05, 4.69) is 4.74 Å². The summed E-state index contributed by atoms with van der Waals surface area (Å²) in [6.45, 7) is 1.46. The molecule has 1 fully saturated rings. The molecule has 1 aliphatic rings. The van der Waals surface area contributed by atoms with Gasteiger partial charge in [0.05, 0.1) is 0 Å². The molecule has 0 amide bonds. The van der Waals surface area contributed by atoms with Crippen molar-refractivity contribution in [2.24, 2.45) is 5.92 Å². The van der Waals surface area contributed by atoms with Crippen LogP contribution in [-0.4, -0.2) is 12.1 Å². The van der Waals surface area contributed by atoms with E-state index < -0.39 is 6.36 Å². The number of rotatable bonds is 3. The Kier molecular flexibility index (Phi) is 2.85. The van der Waals surface area contributed by atoms with Crippen LogP contribution in [0.2, 0.25) is 0 Å². The van der Waals surface area contributed by atoms with Gasteiger partial charge in [-0.05, 0) is 30.9 Å². The molecule has 2 nitrogen and oxygen atoms in total. The zero-order valence-electron chi connectivity index (χ0n) is 9.12. The van der Waals surface area contributed by atoms with Crippen LogP contribution in [0.15, 0.2) is 24.3 Å². The molecule has 0 saturated heterocycles. The highest BCUT2D eigenvalue weighted by Gasteiger charge is 2.44. The van der Waals surface area contributed by atoms with E-state index in [1.165, 1.54) is 19.1 Å². The summed E-state index contributed by atoms with van der Waals surface area (Å²) < 4.78 is 40.5. The van der Waals surface area contributed by atoms with Crippen LogP contribution in [0.1, 0.15) is 24.8 Å². The molecule has 0 heterocycles. The van der Waals surface area contributed by atoms with E-state index in [0.29, 0.717) is 12.0 Å². The van der Waals surface area contributed by atoms with Crippen molar-refractivity contribution in [3.8, 4) is 5.75 Å². The van der Waals surface area contributed by atoms with Crippen LogP contribution in [0.4, 0.5) is 13.2 Å². The molecule has 2 atom stereocenters. The molecule has 0 bridgehead atoms. The van der Waals surface area contributed by atoms with Gasteiger partial charge in [-0.2, -0.15) is 0 Å². The van der Waals surface area contributed by atoms with Crippen molar-refractivity contribution in [3.63, 3.8) is 0 Å². The van der Waals surface area contributed by atoms with E-state index in [9.17, 15) is 18.0 Å². The minimum Gasteiger partial charge on any atom is -0.405 e. The molecule has 17 heavy (non-hydrogen) atoms.